The van der Waals surface area contributed by atoms with Crippen molar-refractivity contribution in [3.8, 4) is 0 Å². The van der Waals surface area contributed by atoms with Crippen molar-refractivity contribution in [2.75, 3.05) is 6.54 Å². The second-order valence-corrected chi connectivity index (χ2v) is 7.06. The lowest BCUT2D eigenvalue weighted by molar-refractivity contribution is -0.123. The van der Waals surface area contributed by atoms with Gasteiger partial charge in [-0.1, -0.05) is 13.3 Å². The van der Waals surface area contributed by atoms with Crippen LogP contribution in [0.2, 0.25) is 0 Å². The fourth-order valence-electron chi connectivity index (χ4n) is 3.59. The standard InChI is InChI=1S/C20H24N4O/c1-3-13-6-16(13)20(25)24-19-8-15-9-22-18(7-14(15)10-23-19)17-11-21-5-4-12(17)2/h4-5,7-8,10-11,13,16,19,22-23H,3,6,9H2,1-2H3,(H,24,25). The summed E-state index contributed by atoms with van der Waals surface area (Å²) in [5.74, 6) is 0.955. The molecule has 3 N–H and O–H groups in total. The van der Waals surface area contributed by atoms with E-state index in [0.29, 0.717) is 5.92 Å². The maximum absolute atomic E-state index is 12.2. The highest BCUT2D eigenvalue weighted by Crippen LogP contribution is 2.41. The number of dihydropyridines is 1. The van der Waals surface area contributed by atoms with Gasteiger partial charge in [0.1, 0.15) is 6.17 Å². The minimum Gasteiger partial charge on any atom is -0.380 e. The number of hydrogen-bond acceptors (Lipinski definition) is 4. The van der Waals surface area contributed by atoms with Crippen LogP contribution in [-0.2, 0) is 4.79 Å². The molecule has 5 nitrogen and oxygen atoms in total. The zero-order chi connectivity index (χ0) is 17.4. The summed E-state index contributed by atoms with van der Waals surface area (Å²) in [5.41, 5.74) is 5.77. The number of rotatable bonds is 4. The van der Waals surface area contributed by atoms with Gasteiger partial charge in [-0.25, -0.2) is 0 Å². The molecule has 5 heteroatoms. The van der Waals surface area contributed by atoms with Gasteiger partial charge in [-0.05, 0) is 54.2 Å². The van der Waals surface area contributed by atoms with E-state index in [4.69, 9.17) is 0 Å². The predicted octanol–water partition coefficient (Wildman–Crippen LogP) is 2.24. The van der Waals surface area contributed by atoms with E-state index in [-0.39, 0.29) is 18.0 Å². The topological polar surface area (TPSA) is 66.0 Å². The molecule has 0 saturated heterocycles. The number of nitrogens with zero attached hydrogens (tertiary/aromatic N) is 1. The van der Waals surface area contributed by atoms with E-state index in [0.717, 1.165) is 36.2 Å². The molecular formula is C20H24N4O. The van der Waals surface area contributed by atoms with Gasteiger partial charge in [-0.15, -0.1) is 0 Å². The van der Waals surface area contributed by atoms with Crippen molar-refractivity contribution in [2.45, 2.75) is 32.9 Å². The van der Waals surface area contributed by atoms with Gasteiger partial charge in [0.05, 0.1) is 0 Å². The minimum absolute atomic E-state index is 0.124. The number of aromatic nitrogens is 1. The maximum Gasteiger partial charge on any atom is 0.225 e. The second kappa shape index (κ2) is 6.39. The van der Waals surface area contributed by atoms with Gasteiger partial charge in [-0.2, -0.15) is 0 Å². The molecule has 0 bridgehead atoms. The van der Waals surface area contributed by atoms with Crippen LogP contribution in [-0.4, -0.2) is 23.6 Å². The van der Waals surface area contributed by atoms with Gasteiger partial charge in [-0.3, -0.25) is 9.78 Å². The Bertz CT molecular complexity index is 793. The van der Waals surface area contributed by atoms with Gasteiger partial charge in [0.15, 0.2) is 0 Å². The van der Waals surface area contributed by atoms with Crippen LogP contribution in [0, 0.1) is 18.8 Å². The molecule has 4 rings (SSSR count). The lowest BCUT2D eigenvalue weighted by Gasteiger charge is -2.28. The third-order valence-electron chi connectivity index (χ3n) is 5.34. The molecule has 3 heterocycles. The Balaban J connectivity index is 1.45. The maximum atomic E-state index is 12.2. The van der Waals surface area contributed by atoms with Gasteiger partial charge in [0.2, 0.25) is 5.91 Å². The van der Waals surface area contributed by atoms with Gasteiger partial charge >= 0.3 is 0 Å². The third-order valence-corrected chi connectivity index (χ3v) is 5.34. The molecule has 1 aromatic heterocycles. The number of fused-ring (bicyclic) bond motifs is 1. The highest BCUT2D eigenvalue weighted by molar-refractivity contribution is 5.82. The SMILES string of the molecule is CCC1CC1C(=O)NC1C=C2CNC(c3cnccc3C)=CC2=CN1. The fraction of sp³-hybridized carbons (Fsp3) is 0.400. The number of aryl methyl sites for hydroxylation is 1. The highest BCUT2D eigenvalue weighted by Gasteiger charge is 2.41. The molecule has 130 valence electrons. The molecule has 1 aromatic rings. The number of hydrogen-bond donors (Lipinski definition) is 3. The number of allylic oxidation sites excluding steroid dienone is 1. The zero-order valence-electron chi connectivity index (χ0n) is 14.7. The Morgan fingerprint density at radius 2 is 2.32 bits per heavy atom. The fourth-order valence-corrected chi connectivity index (χ4v) is 3.59. The second-order valence-electron chi connectivity index (χ2n) is 7.06. The van der Waals surface area contributed by atoms with E-state index in [9.17, 15) is 4.79 Å². The summed E-state index contributed by atoms with van der Waals surface area (Å²) in [6.07, 6.45) is 11.9. The molecule has 3 atom stereocenters. The summed E-state index contributed by atoms with van der Waals surface area (Å²) in [5, 5.41) is 9.87. The molecule has 2 aliphatic heterocycles. The van der Waals surface area contributed by atoms with Crippen molar-refractivity contribution in [2.24, 2.45) is 11.8 Å². The molecule has 25 heavy (non-hydrogen) atoms. The van der Waals surface area contributed by atoms with Crippen LogP contribution >= 0.6 is 0 Å². The number of nitrogens with one attached hydrogen (secondary N) is 3. The molecule has 3 unspecified atom stereocenters. The first-order valence-electron chi connectivity index (χ1n) is 9.00. The van der Waals surface area contributed by atoms with Gasteiger partial charge < -0.3 is 16.0 Å². The molecular weight excluding hydrogens is 312 g/mol. The van der Waals surface area contributed by atoms with E-state index in [1.807, 2.05) is 24.7 Å². The van der Waals surface area contributed by atoms with Crippen molar-refractivity contribution in [3.05, 3.63) is 59.1 Å². The smallest absolute Gasteiger partial charge is 0.225 e. The van der Waals surface area contributed by atoms with E-state index >= 15 is 0 Å². The van der Waals surface area contributed by atoms with E-state index in [1.165, 1.54) is 11.1 Å². The Kier molecular flexibility index (Phi) is 4.07. The summed E-state index contributed by atoms with van der Waals surface area (Å²) in [4.78, 5) is 16.5. The number of carbonyl (C=O) groups is 1. The van der Waals surface area contributed by atoms with Gasteiger partial charge in [0.25, 0.3) is 0 Å². The molecule has 1 saturated carbocycles. The molecule has 0 spiro atoms. The average Bonchev–Trinajstić information content (AvgIpc) is 3.42. The normalized spacial score (nSPS) is 27.0. The molecule has 1 amide bonds. The van der Waals surface area contributed by atoms with Crippen molar-refractivity contribution in [3.63, 3.8) is 0 Å². The summed E-state index contributed by atoms with van der Waals surface area (Å²) in [6.45, 7) is 4.99. The largest absolute Gasteiger partial charge is 0.380 e. The van der Waals surface area contributed by atoms with E-state index in [2.05, 4.69) is 46.9 Å². The van der Waals surface area contributed by atoms with Gasteiger partial charge in [0, 0.05) is 42.3 Å². The number of pyridine rings is 1. The summed E-state index contributed by atoms with van der Waals surface area (Å²) in [7, 11) is 0. The first kappa shape index (κ1) is 15.9. The quantitative estimate of drug-likeness (QED) is 0.789. The van der Waals surface area contributed by atoms with Crippen LogP contribution in [0.5, 0.6) is 0 Å². The summed E-state index contributed by atoms with van der Waals surface area (Å²) < 4.78 is 0. The van der Waals surface area contributed by atoms with E-state index in [1.54, 1.807) is 0 Å². The predicted molar refractivity (Wildman–Crippen MR) is 98.1 cm³/mol. The van der Waals surface area contributed by atoms with Crippen LogP contribution in [0.15, 0.2) is 48.0 Å². The zero-order valence-corrected chi connectivity index (χ0v) is 14.7. The minimum atomic E-state index is -0.124. The first-order chi connectivity index (χ1) is 12.2. The van der Waals surface area contributed by atoms with Crippen molar-refractivity contribution in [1.29, 1.82) is 0 Å². The van der Waals surface area contributed by atoms with Crippen LogP contribution in [0.25, 0.3) is 5.70 Å². The number of carbonyl (C=O) groups excluding carboxylic acids is 1. The van der Waals surface area contributed by atoms with Crippen LogP contribution < -0.4 is 16.0 Å². The molecule has 0 aromatic carbocycles. The number of amides is 1. The molecule has 3 aliphatic rings. The van der Waals surface area contributed by atoms with Crippen molar-refractivity contribution >= 4 is 11.6 Å². The van der Waals surface area contributed by atoms with Crippen LogP contribution in [0.3, 0.4) is 0 Å². The van der Waals surface area contributed by atoms with Crippen LogP contribution in [0.1, 0.15) is 30.9 Å². The molecule has 1 fully saturated rings. The first-order valence-corrected chi connectivity index (χ1v) is 9.00. The molecule has 1 aliphatic carbocycles. The van der Waals surface area contributed by atoms with Crippen molar-refractivity contribution in [1.82, 2.24) is 20.9 Å². The Morgan fingerprint density at radius 1 is 1.44 bits per heavy atom. The lowest BCUT2D eigenvalue weighted by atomic mass is 9.95. The van der Waals surface area contributed by atoms with Crippen LogP contribution in [0.4, 0.5) is 0 Å². The average molecular weight is 336 g/mol. The Morgan fingerprint density at radius 3 is 3.08 bits per heavy atom. The Hall–Kier alpha value is -2.56. The summed E-state index contributed by atoms with van der Waals surface area (Å²) in [6, 6.07) is 2.02. The molecule has 0 radical (unpaired) electrons. The lowest BCUT2D eigenvalue weighted by Crippen LogP contribution is -2.45. The Labute approximate surface area is 148 Å². The summed E-state index contributed by atoms with van der Waals surface area (Å²) >= 11 is 0. The third kappa shape index (κ3) is 3.18. The highest BCUT2D eigenvalue weighted by atomic mass is 16.2. The monoisotopic (exact) mass is 336 g/mol. The van der Waals surface area contributed by atoms with E-state index < -0.39 is 0 Å². The van der Waals surface area contributed by atoms with Crippen molar-refractivity contribution < 1.29 is 4.79 Å².